The van der Waals surface area contributed by atoms with Crippen LogP contribution in [-0.4, -0.2) is 31.7 Å². The van der Waals surface area contributed by atoms with E-state index in [4.69, 9.17) is 27.9 Å². The zero-order chi connectivity index (χ0) is 22.6. The highest BCUT2D eigenvalue weighted by Crippen LogP contribution is 2.37. The highest BCUT2D eigenvalue weighted by Gasteiger charge is 2.24. The number of halogens is 2. The minimum absolute atomic E-state index is 0.0484. The average molecular weight is 499 g/mol. The van der Waals surface area contributed by atoms with E-state index in [1.54, 1.807) is 43.5 Å². The maximum atomic E-state index is 13.0. The minimum atomic E-state index is -3.73. The second-order valence-electron chi connectivity index (χ2n) is 6.36. The Bertz CT molecular complexity index is 1180. The molecular weight excluding hydrogens is 479 g/mol. The van der Waals surface area contributed by atoms with Gasteiger partial charge in [-0.25, -0.2) is 8.42 Å². The molecule has 0 saturated heterocycles. The van der Waals surface area contributed by atoms with Crippen LogP contribution >= 0.6 is 34.5 Å². The summed E-state index contributed by atoms with van der Waals surface area (Å²) in [6, 6.07) is 12.5. The van der Waals surface area contributed by atoms with Gasteiger partial charge in [-0.2, -0.15) is 4.31 Å². The molecule has 3 rings (SSSR count). The quantitative estimate of drug-likeness (QED) is 0.405. The molecule has 6 nitrogen and oxygen atoms in total. The molecule has 2 aromatic carbocycles. The number of nitrogens with zero attached hydrogens (tertiary/aromatic N) is 1. The van der Waals surface area contributed by atoms with E-state index in [2.05, 4.69) is 5.32 Å². The van der Waals surface area contributed by atoms with Crippen LogP contribution < -0.4 is 10.1 Å². The Morgan fingerprint density at radius 2 is 1.77 bits per heavy atom. The van der Waals surface area contributed by atoms with Crippen LogP contribution in [0.3, 0.4) is 0 Å². The third-order valence-electron chi connectivity index (χ3n) is 4.40. The van der Waals surface area contributed by atoms with Crippen LogP contribution in [0.1, 0.15) is 23.5 Å². The van der Waals surface area contributed by atoms with Crippen LogP contribution in [0.15, 0.2) is 58.8 Å². The summed E-state index contributed by atoms with van der Waals surface area (Å²) in [6.07, 6.45) is 0. The third kappa shape index (κ3) is 5.39. The van der Waals surface area contributed by atoms with E-state index in [1.165, 1.54) is 39.9 Å². The number of carbonyl (C=O) groups excluding carboxylic acids is 1. The Morgan fingerprint density at radius 1 is 1.06 bits per heavy atom. The smallest absolute Gasteiger partial charge is 0.265 e. The number of carbonyl (C=O) groups is 1. The number of anilines is 1. The highest BCUT2D eigenvalue weighted by atomic mass is 35.5. The van der Waals surface area contributed by atoms with Gasteiger partial charge >= 0.3 is 0 Å². The van der Waals surface area contributed by atoms with E-state index < -0.39 is 10.0 Å². The lowest BCUT2D eigenvalue weighted by atomic mass is 10.2. The van der Waals surface area contributed by atoms with Crippen LogP contribution in [0, 0.1) is 0 Å². The summed E-state index contributed by atoms with van der Waals surface area (Å²) in [5, 5.41) is 5.25. The molecule has 0 bridgehead atoms. The molecule has 1 N–H and O–H groups in total. The second kappa shape index (κ2) is 10.0. The second-order valence-corrected chi connectivity index (χ2v) is 10.1. The van der Waals surface area contributed by atoms with Crippen LogP contribution in [0.2, 0.25) is 10.0 Å². The number of benzene rings is 2. The number of thiophene rings is 1. The summed E-state index contributed by atoms with van der Waals surface area (Å²) in [5.74, 6) is 0.184. The predicted octanol–water partition coefficient (Wildman–Crippen LogP) is 6.13. The lowest BCUT2D eigenvalue weighted by Gasteiger charge is -2.20. The van der Waals surface area contributed by atoms with Gasteiger partial charge in [0, 0.05) is 18.1 Å². The maximum absolute atomic E-state index is 13.0. The first-order chi connectivity index (χ1) is 14.8. The van der Waals surface area contributed by atoms with E-state index in [0.717, 1.165) is 0 Å². The van der Waals surface area contributed by atoms with Gasteiger partial charge in [0.15, 0.2) is 5.75 Å². The predicted molar refractivity (Wildman–Crippen MR) is 125 cm³/mol. The molecule has 0 aliphatic rings. The Balaban J connectivity index is 2.04. The van der Waals surface area contributed by atoms with Gasteiger partial charge in [0.05, 0.1) is 20.5 Å². The molecular formula is C21H20Cl2N2O4S2. The molecule has 0 aliphatic carbocycles. The van der Waals surface area contributed by atoms with Gasteiger partial charge in [-0.05, 0) is 47.8 Å². The number of ether oxygens (including phenoxy) is 1. The number of amides is 1. The largest absolute Gasteiger partial charge is 0.454 e. The summed E-state index contributed by atoms with van der Waals surface area (Å²) in [7, 11) is -3.73. The molecule has 0 aliphatic heterocycles. The van der Waals surface area contributed by atoms with E-state index >= 15 is 0 Å². The molecule has 3 aromatic rings. The number of nitrogens with one attached hydrogen (secondary N) is 1. The molecule has 0 atom stereocenters. The molecule has 0 unspecified atom stereocenters. The Morgan fingerprint density at radius 3 is 2.39 bits per heavy atom. The molecule has 10 heteroatoms. The van der Waals surface area contributed by atoms with Crippen LogP contribution in [0.25, 0.3) is 0 Å². The molecule has 0 fully saturated rings. The summed E-state index contributed by atoms with van der Waals surface area (Å²) < 4.78 is 33.1. The summed E-state index contributed by atoms with van der Waals surface area (Å²) in [4.78, 5) is 13.2. The lowest BCUT2D eigenvalue weighted by Crippen LogP contribution is -2.30. The van der Waals surface area contributed by atoms with Crippen LogP contribution in [0.5, 0.6) is 11.5 Å². The zero-order valence-electron chi connectivity index (χ0n) is 16.8. The van der Waals surface area contributed by atoms with E-state index in [-0.39, 0.29) is 27.3 Å². The van der Waals surface area contributed by atoms with E-state index in [9.17, 15) is 13.2 Å². The first-order valence-corrected chi connectivity index (χ1v) is 12.5. The lowest BCUT2D eigenvalue weighted by molar-refractivity contribution is 0.103. The van der Waals surface area contributed by atoms with Gasteiger partial charge in [0.25, 0.3) is 5.91 Å². The first-order valence-electron chi connectivity index (χ1n) is 9.38. The highest BCUT2D eigenvalue weighted by molar-refractivity contribution is 7.89. The Hall–Kier alpha value is -2.10. The SMILES string of the molecule is CCN(CC)S(=O)(=O)c1ccc(Oc2ccc(Cl)cc2Cl)c(NC(=O)c2cccs2)c1. The monoisotopic (exact) mass is 498 g/mol. The zero-order valence-corrected chi connectivity index (χ0v) is 19.9. The van der Waals surface area contributed by atoms with Gasteiger partial charge in [-0.1, -0.05) is 43.1 Å². The van der Waals surface area contributed by atoms with Crippen molar-refractivity contribution in [2.45, 2.75) is 18.7 Å². The maximum Gasteiger partial charge on any atom is 0.265 e. The van der Waals surface area contributed by atoms with Crippen molar-refractivity contribution in [1.29, 1.82) is 0 Å². The molecule has 1 aromatic heterocycles. The molecule has 1 amide bonds. The fraction of sp³-hybridized carbons (Fsp3) is 0.190. The van der Waals surface area contributed by atoms with E-state index in [0.29, 0.717) is 28.7 Å². The average Bonchev–Trinajstić information content (AvgIpc) is 3.27. The number of rotatable bonds is 8. The minimum Gasteiger partial charge on any atom is -0.454 e. The third-order valence-corrected chi connectivity index (χ3v) is 7.85. The summed E-state index contributed by atoms with van der Waals surface area (Å²) in [6.45, 7) is 4.18. The topological polar surface area (TPSA) is 75.7 Å². The van der Waals surface area contributed by atoms with Gasteiger partial charge in [-0.15, -0.1) is 11.3 Å². The van der Waals surface area contributed by atoms with Crippen LogP contribution in [-0.2, 0) is 10.0 Å². The normalized spacial score (nSPS) is 11.5. The van der Waals surface area contributed by atoms with Gasteiger partial charge in [0.2, 0.25) is 10.0 Å². The van der Waals surface area contributed by atoms with E-state index in [1.807, 2.05) is 0 Å². The van der Waals surface area contributed by atoms with Crippen molar-refractivity contribution in [3.8, 4) is 11.5 Å². The number of sulfonamides is 1. The van der Waals surface area contributed by atoms with Crippen molar-refractivity contribution < 1.29 is 17.9 Å². The Kier molecular flexibility index (Phi) is 7.61. The van der Waals surface area contributed by atoms with Gasteiger partial charge < -0.3 is 10.1 Å². The van der Waals surface area contributed by atoms with Gasteiger partial charge in [-0.3, -0.25) is 4.79 Å². The fourth-order valence-corrected chi connectivity index (χ4v) is 5.39. The molecule has 0 saturated carbocycles. The number of hydrogen-bond acceptors (Lipinski definition) is 5. The van der Waals surface area contributed by atoms with Gasteiger partial charge in [0.1, 0.15) is 5.75 Å². The summed E-state index contributed by atoms with van der Waals surface area (Å²) >= 11 is 13.4. The van der Waals surface area contributed by atoms with Crippen molar-refractivity contribution in [2.75, 3.05) is 18.4 Å². The standard InChI is InChI=1S/C21H20Cl2N2O4S2/c1-3-25(4-2)31(27,28)15-8-10-19(29-18-9-7-14(22)12-16(18)23)17(13-15)24-21(26)20-6-5-11-30-20/h5-13H,3-4H2,1-2H3,(H,24,26). The first kappa shape index (κ1) is 23.6. The molecule has 0 radical (unpaired) electrons. The summed E-state index contributed by atoms with van der Waals surface area (Å²) in [5.41, 5.74) is 0.206. The van der Waals surface area contributed by atoms with Crippen molar-refractivity contribution in [1.82, 2.24) is 4.31 Å². The van der Waals surface area contributed by atoms with Crippen molar-refractivity contribution >= 4 is 56.2 Å². The molecule has 1 heterocycles. The Labute approximate surface area is 195 Å². The fourth-order valence-electron chi connectivity index (χ4n) is 2.84. The molecule has 31 heavy (non-hydrogen) atoms. The number of hydrogen-bond donors (Lipinski definition) is 1. The van der Waals surface area contributed by atoms with Crippen molar-refractivity contribution in [3.05, 3.63) is 68.8 Å². The van der Waals surface area contributed by atoms with Crippen molar-refractivity contribution in [3.63, 3.8) is 0 Å². The molecule has 0 spiro atoms. The van der Waals surface area contributed by atoms with Crippen LogP contribution in [0.4, 0.5) is 5.69 Å². The van der Waals surface area contributed by atoms with Crippen molar-refractivity contribution in [2.24, 2.45) is 0 Å². The molecule has 164 valence electrons.